The Morgan fingerprint density at radius 1 is 1.08 bits per heavy atom. The fraction of sp³-hybridized carbons (Fsp3) is 0.381. The molecule has 3 heteroatoms. The Morgan fingerprint density at radius 3 is 2.42 bits per heavy atom. The molecular weight excluding hydrogens is 298 g/mol. The molecule has 0 radical (unpaired) electrons. The van der Waals surface area contributed by atoms with Gasteiger partial charge in [-0.25, -0.2) is 0 Å². The second-order valence-electron chi connectivity index (χ2n) is 6.49. The highest BCUT2D eigenvalue weighted by atomic mass is 16.5. The standard InChI is InChI=1S/C21H27NO2/c1-15(2)24-19-10-8-18(9-11-19)6-5-13-22-21(23)20-12-7-16(3)14-17(20)4/h7-12,14-15H,5-6,13H2,1-4H3,(H,22,23). The monoisotopic (exact) mass is 325 g/mol. The topological polar surface area (TPSA) is 38.3 Å². The molecule has 1 amide bonds. The van der Waals surface area contributed by atoms with Crippen LogP contribution in [0.15, 0.2) is 42.5 Å². The molecule has 0 saturated heterocycles. The number of ether oxygens (including phenoxy) is 1. The van der Waals surface area contributed by atoms with Gasteiger partial charge in [-0.05, 0) is 69.9 Å². The minimum absolute atomic E-state index is 0.00758. The third-order valence-corrected chi connectivity index (χ3v) is 3.85. The highest BCUT2D eigenvalue weighted by Gasteiger charge is 2.08. The summed E-state index contributed by atoms with van der Waals surface area (Å²) < 4.78 is 5.64. The molecule has 0 saturated carbocycles. The lowest BCUT2D eigenvalue weighted by atomic mass is 10.1. The van der Waals surface area contributed by atoms with E-state index in [1.165, 1.54) is 11.1 Å². The second-order valence-corrected chi connectivity index (χ2v) is 6.49. The summed E-state index contributed by atoms with van der Waals surface area (Å²) in [6.45, 7) is 8.73. The Morgan fingerprint density at radius 2 is 1.79 bits per heavy atom. The molecule has 0 aromatic heterocycles. The second kappa shape index (κ2) is 8.53. The van der Waals surface area contributed by atoms with E-state index in [1.54, 1.807) is 0 Å². The minimum atomic E-state index is 0.00758. The number of rotatable bonds is 7. The van der Waals surface area contributed by atoms with Crippen molar-refractivity contribution in [1.82, 2.24) is 5.32 Å². The van der Waals surface area contributed by atoms with Crippen molar-refractivity contribution in [2.75, 3.05) is 6.54 Å². The first-order chi connectivity index (χ1) is 11.5. The van der Waals surface area contributed by atoms with E-state index in [1.807, 2.05) is 58.0 Å². The maximum Gasteiger partial charge on any atom is 0.251 e. The molecule has 0 heterocycles. The van der Waals surface area contributed by atoms with Crippen LogP contribution < -0.4 is 10.1 Å². The molecule has 0 aliphatic heterocycles. The van der Waals surface area contributed by atoms with Gasteiger partial charge < -0.3 is 10.1 Å². The summed E-state index contributed by atoms with van der Waals surface area (Å²) in [5.41, 5.74) is 4.21. The van der Waals surface area contributed by atoms with Crippen molar-refractivity contribution >= 4 is 5.91 Å². The van der Waals surface area contributed by atoms with Gasteiger partial charge in [0, 0.05) is 12.1 Å². The Bertz CT molecular complexity index is 675. The van der Waals surface area contributed by atoms with Gasteiger partial charge in [0.2, 0.25) is 0 Å². The normalized spacial score (nSPS) is 10.7. The summed E-state index contributed by atoms with van der Waals surface area (Å²) in [7, 11) is 0. The van der Waals surface area contributed by atoms with Crippen LogP contribution in [0.4, 0.5) is 0 Å². The van der Waals surface area contributed by atoms with Crippen molar-refractivity contribution < 1.29 is 9.53 Å². The van der Waals surface area contributed by atoms with Gasteiger partial charge in [-0.1, -0.05) is 29.8 Å². The van der Waals surface area contributed by atoms with Crippen molar-refractivity contribution in [2.45, 2.75) is 46.6 Å². The molecule has 2 aromatic carbocycles. The molecule has 0 atom stereocenters. The minimum Gasteiger partial charge on any atom is -0.491 e. The number of hydrogen-bond donors (Lipinski definition) is 1. The van der Waals surface area contributed by atoms with Gasteiger partial charge in [0.15, 0.2) is 0 Å². The van der Waals surface area contributed by atoms with E-state index in [-0.39, 0.29) is 12.0 Å². The van der Waals surface area contributed by atoms with Crippen LogP contribution in [0.2, 0.25) is 0 Å². The van der Waals surface area contributed by atoms with Crippen LogP contribution in [-0.2, 0) is 6.42 Å². The van der Waals surface area contributed by atoms with Gasteiger partial charge in [-0.15, -0.1) is 0 Å². The maximum absolute atomic E-state index is 12.2. The maximum atomic E-state index is 12.2. The lowest BCUT2D eigenvalue weighted by Gasteiger charge is -2.10. The summed E-state index contributed by atoms with van der Waals surface area (Å²) >= 11 is 0. The molecule has 0 aliphatic rings. The number of hydrogen-bond acceptors (Lipinski definition) is 2. The molecule has 0 unspecified atom stereocenters. The van der Waals surface area contributed by atoms with Crippen molar-refractivity contribution in [1.29, 1.82) is 0 Å². The summed E-state index contributed by atoms with van der Waals surface area (Å²) in [4.78, 5) is 12.2. The predicted molar refractivity (Wildman–Crippen MR) is 98.8 cm³/mol. The Balaban J connectivity index is 1.77. The average molecular weight is 325 g/mol. The molecule has 0 bridgehead atoms. The zero-order valence-electron chi connectivity index (χ0n) is 15.1. The van der Waals surface area contributed by atoms with Crippen LogP contribution in [0, 0.1) is 13.8 Å². The van der Waals surface area contributed by atoms with Gasteiger partial charge in [-0.3, -0.25) is 4.79 Å². The zero-order valence-corrected chi connectivity index (χ0v) is 15.1. The third-order valence-electron chi connectivity index (χ3n) is 3.85. The fourth-order valence-electron chi connectivity index (χ4n) is 2.66. The van der Waals surface area contributed by atoms with Crippen molar-refractivity contribution in [3.05, 3.63) is 64.7 Å². The van der Waals surface area contributed by atoms with E-state index in [9.17, 15) is 4.79 Å². The Hall–Kier alpha value is -2.29. The highest BCUT2D eigenvalue weighted by Crippen LogP contribution is 2.15. The Labute approximate surface area is 145 Å². The van der Waals surface area contributed by atoms with Crippen LogP contribution in [0.1, 0.15) is 47.3 Å². The number of benzene rings is 2. The molecule has 24 heavy (non-hydrogen) atoms. The molecular formula is C21H27NO2. The van der Waals surface area contributed by atoms with Crippen molar-refractivity contribution in [2.24, 2.45) is 0 Å². The van der Waals surface area contributed by atoms with Gasteiger partial charge in [0.05, 0.1) is 6.10 Å². The van der Waals surface area contributed by atoms with E-state index in [0.717, 1.165) is 29.7 Å². The van der Waals surface area contributed by atoms with Gasteiger partial charge in [0.25, 0.3) is 5.91 Å². The molecule has 3 nitrogen and oxygen atoms in total. The largest absolute Gasteiger partial charge is 0.491 e. The van der Waals surface area contributed by atoms with Gasteiger partial charge in [0.1, 0.15) is 5.75 Å². The van der Waals surface area contributed by atoms with E-state index in [4.69, 9.17) is 4.74 Å². The number of aryl methyl sites for hydroxylation is 3. The number of nitrogens with one attached hydrogen (secondary N) is 1. The van der Waals surface area contributed by atoms with Gasteiger partial charge in [-0.2, -0.15) is 0 Å². The molecule has 2 rings (SSSR count). The molecule has 0 aliphatic carbocycles. The summed E-state index contributed by atoms with van der Waals surface area (Å²) in [5.74, 6) is 0.907. The first-order valence-electron chi connectivity index (χ1n) is 8.57. The lowest BCUT2D eigenvalue weighted by molar-refractivity contribution is 0.0952. The van der Waals surface area contributed by atoms with Crippen LogP contribution in [0.25, 0.3) is 0 Å². The average Bonchev–Trinajstić information content (AvgIpc) is 2.52. The Kier molecular flexibility index (Phi) is 6.42. The summed E-state index contributed by atoms with van der Waals surface area (Å²) in [6.07, 6.45) is 2.05. The molecule has 0 fully saturated rings. The first kappa shape index (κ1) is 18.1. The van der Waals surface area contributed by atoms with E-state index in [0.29, 0.717) is 6.54 Å². The van der Waals surface area contributed by atoms with Crippen LogP contribution in [0.5, 0.6) is 5.75 Å². The van der Waals surface area contributed by atoms with Crippen LogP contribution in [-0.4, -0.2) is 18.6 Å². The predicted octanol–water partition coefficient (Wildman–Crippen LogP) is 4.45. The molecule has 2 aromatic rings. The van der Waals surface area contributed by atoms with Crippen molar-refractivity contribution in [3.63, 3.8) is 0 Å². The SMILES string of the molecule is Cc1ccc(C(=O)NCCCc2ccc(OC(C)C)cc2)c(C)c1. The van der Waals surface area contributed by atoms with Crippen LogP contribution in [0.3, 0.4) is 0 Å². The summed E-state index contributed by atoms with van der Waals surface area (Å²) in [5, 5.41) is 3.00. The number of carbonyl (C=O) groups is 1. The van der Waals surface area contributed by atoms with E-state index < -0.39 is 0 Å². The summed E-state index contributed by atoms with van der Waals surface area (Å²) in [6, 6.07) is 14.1. The first-order valence-corrected chi connectivity index (χ1v) is 8.57. The molecule has 1 N–H and O–H groups in total. The number of carbonyl (C=O) groups excluding carboxylic acids is 1. The quantitative estimate of drug-likeness (QED) is 0.764. The van der Waals surface area contributed by atoms with Crippen molar-refractivity contribution in [3.8, 4) is 5.75 Å². The zero-order chi connectivity index (χ0) is 17.5. The lowest BCUT2D eigenvalue weighted by Crippen LogP contribution is -2.25. The van der Waals surface area contributed by atoms with Gasteiger partial charge >= 0.3 is 0 Å². The van der Waals surface area contributed by atoms with E-state index in [2.05, 4.69) is 17.4 Å². The molecule has 0 spiro atoms. The smallest absolute Gasteiger partial charge is 0.251 e. The highest BCUT2D eigenvalue weighted by molar-refractivity contribution is 5.95. The third kappa shape index (κ3) is 5.41. The van der Waals surface area contributed by atoms with E-state index >= 15 is 0 Å². The number of amides is 1. The fourth-order valence-corrected chi connectivity index (χ4v) is 2.66. The molecule has 128 valence electrons. The van der Waals surface area contributed by atoms with Crippen LogP contribution >= 0.6 is 0 Å².